The number of guanidine groups is 1. The van der Waals surface area contributed by atoms with Gasteiger partial charge in [-0.15, -0.1) is 0 Å². The molecule has 6 heteroatoms. The van der Waals surface area contributed by atoms with Crippen molar-refractivity contribution in [2.24, 2.45) is 4.99 Å². The van der Waals surface area contributed by atoms with Crippen molar-refractivity contribution < 1.29 is 0 Å². The first-order valence-electron chi connectivity index (χ1n) is 7.63. The number of hydrogen-bond donors (Lipinski definition) is 2. The molecule has 5 nitrogen and oxygen atoms in total. The quantitative estimate of drug-likeness (QED) is 0.631. The highest BCUT2D eigenvalue weighted by Crippen LogP contribution is 2.19. The van der Waals surface area contributed by atoms with Crippen LogP contribution in [0.25, 0.3) is 5.69 Å². The number of hydrogen-bond acceptors (Lipinski definition) is 3. The zero-order chi connectivity index (χ0) is 16.7. The molecule has 2 N–H and O–H groups in total. The van der Waals surface area contributed by atoms with E-state index in [-0.39, 0.29) is 4.75 Å². The minimum Gasteiger partial charge on any atom is -0.355 e. The maximum absolute atomic E-state index is 4.28. The van der Waals surface area contributed by atoms with Gasteiger partial charge in [-0.25, -0.2) is 4.68 Å². The summed E-state index contributed by atoms with van der Waals surface area (Å²) in [6.07, 6.45) is 5.85. The standard InChI is InChI=1S/C17H25N5S/c1-17(2,23-4)13-20-16(18-3)19-12-14-7-5-8-15(11-14)22-10-6-9-21-22/h5-11H,12-13H2,1-4H3,(H2,18,19,20). The second-order valence-corrected chi connectivity index (χ2v) is 7.38. The van der Waals surface area contributed by atoms with E-state index in [9.17, 15) is 0 Å². The minimum absolute atomic E-state index is 0.178. The maximum atomic E-state index is 4.28. The Morgan fingerprint density at radius 3 is 2.78 bits per heavy atom. The van der Waals surface area contributed by atoms with E-state index in [0.29, 0.717) is 6.54 Å². The highest BCUT2D eigenvalue weighted by atomic mass is 32.2. The zero-order valence-electron chi connectivity index (χ0n) is 14.2. The van der Waals surface area contributed by atoms with Gasteiger partial charge in [0.15, 0.2) is 5.96 Å². The molecule has 0 amide bonds. The molecule has 0 atom stereocenters. The Labute approximate surface area is 142 Å². The molecule has 0 aliphatic heterocycles. The fraction of sp³-hybridized carbons (Fsp3) is 0.412. The molecule has 0 radical (unpaired) electrons. The molecule has 0 saturated carbocycles. The van der Waals surface area contributed by atoms with Crippen molar-refractivity contribution in [1.29, 1.82) is 0 Å². The molecule has 0 aliphatic rings. The first kappa shape index (κ1) is 17.4. The molecule has 0 bridgehead atoms. The second kappa shape index (κ2) is 8.06. The Hall–Kier alpha value is -1.95. The number of aromatic nitrogens is 2. The number of nitrogens with zero attached hydrogens (tertiary/aromatic N) is 3. The van der Waals surface area contributed by atoms with Crippen LogP contribution in [0, 0.1) is 0 Å². The molecule has 0 saturated heterocycles. The van der Waals surface area contributed by atoms with Crippen LogP contribution in [0.2, 0.25) is 0 Å². The zero-order valence-corrected chi connectivity index (χ0v) is 15.0. The number of benzene rings is 1. The molecule has 2 aromatic rings. The Bertz CT molecular complexity index is 634. The van der Waals surface area contributed by atoms with Gasteiger partial charge in [0, 0.05) is 37.3 Å². The molecule has 1 heterocycles. The largest absolute Gasteiger partial charge is 0.355 e. The summed E-state index contributed by atoms with van der Waals surface area (Å²) in [5.74, 6) is 0.816. The summed E-state index contributed by atoms with van der Waals surface area (Å²) in [6.45, 7) is 6.01. The highest BCUT2D eigenvalue weighted by Gasteiger charge is 2.16. The van der Waals surface area contributed by atoms with Crippen LogP contribution in [0.3, 0.4) is 0 Å². The van der Waals surface area contributed by atoms with Crippen molar-refractivity contribution in [3.05, 3.63) is 48.3 Å². The van der Waals surface area contributed by atoms with Gasteiger partial charge in [0.05, 0.1) is 5.69 Å². The van der Waals surface area contributed by atoms with E-state index in [1.165, 1.54) is 5.56 Å². The average molecular weight is 331 g/mol. The predicted molar refractivity (Wildman–Crippen MR) is 99.4 cm³/mol. The summed E-state index contributed by atoms with van der Waals surface area (Å²) >= 11 is 1.84. The van der Waals surface area contributed by atoms with E-state index in [2.05, 4.69) is 53.0 Å². The molecule has 2 rings (SSSR count). The Kier molecular flexibility index (Phi) is 6.10. The Balaban J connectivity index is 1.93. The van der Waals surface area contributed by atoms with Crippen LogP contribution in [0.5, 0.6) is 0 Å². The van der Waals surface area contributed by atoms with Crippen molar-refractivity contribution in [3.63, 3.8) is 0 Å². The van der Waals surface area contributed by atoms with Gasteiger partial charge in [0.1, 0.15) is 0 Å². The number of rotatable bonds is 6. The molecule has 0 unspecified atom stereocenters. The van der Waals surface area contributed by atoms with Gasteiger partial charge >= 0.3 is 0 Å². The summed E-state index contributed by atoms with van der Waals surface area (Å²) in [5.41, 5.74) is 2.24. The van der Waals surface area contributed by atoms with Crippen LogP contribution >= 0.6 is 11.8 Å². The lowest BCUT2D eigenvalue weighted by Gasteiger charge is -2.23. The lowest BCUT2D eigenvalue weighted by atomic mass is 10.2. The van der Waals surface area contributed by atoms with Gasteiger partial charge in [-0.1, -0.05) is 12.1 Å². The van der Waals surface area contributed by atoms with Gasteiger partial charge < -0.3 is 10.6 Å². The smallest absolute Gasteiger partial charge is 0.191 e. The molecule has 1 aromatic heterocycles. The van der Waals surface area contributed by atoms with E-state index in [1.807, 2.05) is 40.8 Å². The summed E-state index contributed by atoms with van der Waals surface area (Å²) in [6, 6.07) is 10.2. The van der Waals surface area contributed by atoms with Gasteiger partial charge in [-0.2, -0.15) is 16.9 Å². The number of aliphatic imine (C=N–C) groups is 1. The third-order valence-corrected chi connectivity index (χ3v) is 4.85. The van der Waals surface area contributed by atoms with Crippen LogP contribution in [0.1, 0.15) is 19.4 Å². The average Bonchev–Trinajstić information content (AvgIpc) is 3.10. The van der Waals surface area contributed by atoms with E-state index < -0.39 is 0 Å². The molecule has 0 fully saturated rings. The van der Waals surface area contributed by atoms with Gasteiger partial charge in [-0.05, 0) is 43.9 Å². The van der Waals surface area contributed by atoms with Crippen molar-refractivity contribution >= 4 is 17.7 Å². The van der Waals surface area contributed by atoms with Crippen LogP contribution < -0.4 is 10.6 Å². The first-order valence-corrected chi connectivity index (χ1v) is 8.85. The van der Waals surface area contributed by atoms with Crippen LogP contribution in [-0.2, 0) is 6.54 Å². The topological polar surface area (TPSA) is 54.2 Å². The minimum atomic E-state index is 0.178. The fourth-order valence-electron chi connectivity index (χ4n) is 2.01. The Morgan fingerprint density at radius 2 is 2.13 bits per heavy atom. The SMILES string of the molecule is CN=C(NCc1cccc(-n2cccn2)c1)NCC(C)(C)SC. The monoisotopic (exact) mass is 331 g/mol. The first-order chi connectivity index (χ1) is 11.0. The molecular formula is C17H25N5S. The molecule has 1 aromatic carbocycles. The summed E-state index contributed by atoms with van der Waals surface area (Å²) in [7, 11) is 1.79. The lowest BCUT2D eigenvalue weighted by molar-refractivity contribution is 0.664. The van der Waals surface area contributed by atoms with Crippen molar-refractivity contribution in [2.75, 3.05) is 19.8 Å². The van der Waals surface area contributed by atoms with Gasteiger partial charge in [0.25, 0.3) is 0 Å². The van der Waals surface area contributed by atoms with E-state index >= 15 is 0 Å². The third-order valence-electron chi connectivity index (χ3n) is 3.60. The Morgan fingerprint density at radius 1 is 1.30 bits per heavy atom. The lowest BCUT2D eigenvalue weighted by Crippen LogP contribution is -2.42. The molecule has 23 heavy (non-hydrogen) atoms. The summed E-state index contributed by atoms with van der Waals surface area (Å²) in [4.78, 5) is 4.28. The number of nitrogens with one attached hydrogen (secondary N) is 2. The molecular weight excluding hydrogens is 306 g/mol. The molecule has 0 spiro atoms. The van der Waals surface area contributed by atoms with Crippen LogP contribution in [-0.4, -0.2) is 40.3 Å². The van der Waals surface area contributed by atoms with E-state index in [0.717, 1.165) is 18.2 Å². The number of thioether (sulfide) groups is 1. The third kappa shape index (κ3) is 5.32. The second-order valence-electron chi connectivity index (χ2n) is 5.86. The maximum Gasteiger partial charge on any atom is 0.191 e. The fourth-order valence-corrected chi connectivity index (χ4v) is 2.22. The molecule has 124 valence electrons. The van der Waals surface area contributed by atoms with Crippen molar-refractivity contribution in [3.8, 4) is 5.69 Å². The normalized spacial score (nSPS) is 12.3. The van der Waals surface area contributed by atoms with Crippen LogP contribution in [0.4, 0.5) is 0 Å². The van der Waals surface area contributed by atoms with E-state index in [4.69, 9.17) is 0 Å². The highest BCUT2D eigenvalue weighted by molar-refractivity contribution is 7.99. The summed E-state index contributed by atoms with van der Waals surface area (Å²) in [5, 5.41) is 11.0. The van der Waals surface area contributed by atoms with Gasteiger partial charge in [-0.3, -0.25) is 4.99 Å². The van der Waals surface area contributed by atoms with Crippen molar-refractivity contribution in [2.45, 2.75) is 25.1 Å². The predicted octanol–water partition coefficient (Wildman–Crippen LogP) is 2.68. The van der Waals surface area contributed by atoms with Crippen molar-refractivity contribution in [1.82, 2.24) is 20.4 Å². The van der Waals surface area contributed by atoms with Gasteiger partial charge in [0.2, 0.25) is 0 Å². The van der Waals surface area contributed by atoms with Crippen LogP contribution in [0.15, 0.2) is 47.7 Å². The molecule has 0 aliphatic carbocycles. The van der Waals surface area contributed by atoms with E-state index in [1.54, 1.807) is 13.2 Å². The summed E-state index contributed by atoms with van der Waals surface area (Å²) < 4.78 is 2.04.